The first-order chi connectivity index (χ1) is 14.4. The zero-order chi connectivity index (χ0) is 21.7. The molecule has 1 N–H and O–H groups in total. The second-order valence-electron chi connectivity index (χ2n) is 7.03. The van der Waals surface area contributed by atoms with Crippen LogP contribution in [0.5, 0.6) is 11.5 Å². The maximum Gasteiger partial charge on any atom is 0.296 e. The van der Waals surface area contributed by atoms with Crippen LogP contribution in [0.3, 0.4) is 0 Å². The third-order valence-corrected chi connectivity index (χ3v) is 5.34. The average molecular weight is 414 g/mol. The van der Waals surface area contributed by atoms with E-state index in [1.54, 1.807) is 13.2 Å². The fourth-order valence-corrected chi connectivity index (χ4v) is 3.46. The lowest BCUT2D eigenvalue weighted by molar-refractivity contribution is -0.384. The van der Waals surface area contributed by atoms with Crippen molar-refractivity contribution in [2.45, 2.75) is 13.0 Å². The van der Waals surface area contributed by atoms with Crippen LogP contribution in [0.1, 0.15) is 6.92 Å². The molecule has 1 fully saturated rings. The van der Waals surface area contributed by atoms with Crippen LogP contribution in [0.4, 0.5) is 17.1 Å². The van der Waals surface area contributed by atoms with Crippen molar-refractivity contribution in [1.29, 1.82) is 0 Å². The van der Waals surface area contributed by atoms with Gasteiger partial charge in [0, 0.05) is 31.9 Å². The van der Waals surface area contributed by atoms with Crippen molar-refractivity contribution in [1.82, 2.24) is 4.90 Å². The summed E-state index contributed by atoms with van der Waals surface area (Å²) in [6.45, 7) is 4.81. The molecule has 0 spiro atoms. The summed E-state index contributed by atoms with van der Waals surface area (Å²) in [6.07, 6.45) is 0. The Bertz CT molecular complexity index is 895. The van der Waals surface area contributed by atoms with Crippen molar-refractivity contribution in [2.24, 2.45) is 0 Å². The molecule has 1 aliphatic rings. The molecule has 1 saturated heterocycles. The third kappa shape index (κ3) is 4.80. The van der Waals surface area contributed by atoms with Crippen LogP contribution in [-0.2, 0) is 4.79 Å². The molecule has 9 heteroatoms. The fourth-order valence-electron chi connectivity index (χ4n) is 3.46. The number of hydrogen-bond acceptors (Lipinski definition) is 7. The molecule has 1 heterocycles. The second kappa shape index (κ2) is 9.45. The summed E-state index contributed by atoms with van der Waals surface area (Å²) in [6, 6.07) is 11.9. The van der Waals surface area contributed by atoms with Crippen LogP contribution in [0.25, 0.3) is 0 Å². The van der Waals surface area contributed by atoms with Crippen molar-refractivity contribution >= 4 is 23.0 Å². The Morgan fingerprint density at radius 3 is 2.20 bits per heavy atom. The van der Waals surface area contributed by atoms with Crippen molar-refractivity contribution in [2.75, 3.05) is 50.6 Å². The van der Waals surface area contributed by atoms with Gasteiger partial charge in [-0.15, -0.1) is 0 Å². The number of benzene rings is 2. The first-order valence-electron chi connectivity index (χ1n) is 9.69. The van der Waals surface area contributed by atoms with Crippen LogP contribution in [-0.4, -0.2) is 62.2 Å². The molecule has 2 aromatic carbocycles. The molecule has 160 valence electrons. The minimum Gasteiger partial charge on any atom is -0.497 e. The lowest BCUT2D eigenvalue weighted by atomic mass is 10.2. The Balaban J connectivity index is 1.60. The Hall–Kier alpha value is -3.33. The molecule has 0 saturated carbocycles. The van der Waals surface area contributed by atoms with Crippen LogP contribution in [0.15, 0.2) is 42.5 Å². The maximum atomic E-state index is 12.7. The number of methoxy groups -OCH3 is 2. The highest BCUT2D eigenvalue weighted by Gasteiger charge is 2.27. The van der Waals surface area contributed by atoms with Gasteiger partial charge in [-0.3, -0.25) is 19.8 Å². The number of nitrogens with one attached hydrogen (secondary N) is 1. The van der Waals surface area contributed by atoms with E-state index in [4.69, 9.17) is 9.47 Å². The Kier molecular flexibility index (Phi) is 6.73. The highest BCUT2D eigenvalue weighted by Crippen LogP contribution is 2.29. The summed E-state index contributed by atoms with van der Waals surface area (Å²) in [5.41, 5.74) is 1.08. The topological polar surface area (TPSA) is 97.2 Å². The molecular formula is C21H26N4O5. The molecule has 1 atom stereocenters. The van der Waals surface area contributed by atoms with E-state index in [1.165, 1.54) is 19.2 Å². The van der Waals surface area contributed by atoms with E-state index in [-0.39, 0.29) is 17.3 Å². The lowest BCUT2D eigenvalue weighted by Gasteiger charge is -2.38. The lowest BCUT2D eigenvalue weighted by Crippen LogP contribution is -2.52. The first-order valence-corrected chi connectivity index (χ1v) is 9.69. The number of nitro benzene ring substituents is 1. The smallest absolute Gasteiger partial charge is 0.296 e. The van der Waals surface area contributed by atoms with Gasteiger partial charge in [-0.25, -0.2) is 0 Å². The number of ether oxygens (including phenoxy) is 2. The van der Waals surface area contributed by atoms with Gasteiger partial charge >= 0.3 is 0 Å². The molecule has 2 aromatic rings. The molecule has 0 aromatic heterocycles. The Morgan fingerprint density at radius 1 is 1.03 bits per heavy atom. The van der Waals surface area contributed by atoms with E-state index in [1.807, 2.05) is 31.2 Å². The van der Waals surface area contributed by atoms with Crippen LogP contribution in [0.2, 0.25) is 0 Å². The quantitative estimate of drug-likeness (QED) is 0.550. The minimum absolute atomic E-state index is 0.162. The molecule has 1 aliphatic heterocycles. The first kappa shape index (κ1) is 21.4. The van der Waals surface area contributed by atoms with Gasteiger partial charge in [-0.05, 0) is 43.3 Å². The molecule has 3 rings (SSSR count). The van der Waals surface area contributed by atoms with Crippen molar-refractivity contribution in [3.05, 3.63) is 52.6 Å². The van der Waals surface area contributed by atoms with Gasteiger partial charge in [0.25, 0.3) is 5.69 Å². The maximum absolute atomic E-state index is 12.7. The van der Waals surface area contributed by atoms with Gasteiger partial charge in [0.15, 0.2) is 0 Å². The summed E-state index contributed by atoms with van der Waals surface area (Å²) in [5.74, 6) is 0.902. The Morgan fingerprint density at radius 2 is 1.63 bits per heavy atom. The molecule has 9 nitrogen and oxygen atoms in total. The van der Waals surface area contributed by atoms with E-state index >= 15 is 0 Å². The summed E-state index contributed by atoms with van der Waals surface area (Å²) < 4.78 is 10.2. The van der Waals surface area contributed by atoms with Gasteiger partial charge in [0.2, 0.25) is 5.91 Å². The summed E-state index contributed by atoms with van der Waals surface area (Å²) in [5, 5.41) is 14.0. The summed E-state index contributed by atoms with van der Waals surface area (Å²) >= 11 is 0. The number of anilines is 2. The summed E-state index contributed by atoms with van der Waals surface area (Å²) in [7, 11) is 3.08. The second-order valence-corrected chi connectivity index (χ2v) is 7.03. The molecule has 30 heavy (non-hydrogen) atoms. The Labute approximate surface area is 175 Å². The number of nitro groups is 1. The standard InChI is InChI=1S/C21H26N4O5/c1-15(21(26)22-19-9-8-18(30-3)14-20(19)25(27)28)23-10-12-24(13-11-23)16-4-6-17(29-2)7-5-16/h4-9,14-15H,10-13H2,1-3H3,(H,22,26)/t15-/m0/s1. The van der Waals surface area contributed by atoms with E-state index in [0.717, 1.165) is 24.5 Å². The predicted molar refractivity (Wildman–Crippen MR) is 115 cm³/mol. The van der Waals surface area contributed by atoms with Gasteiger partial charge in [-0.1, -0.05) is 0 Å². The predicted octanol–water partition coefficient (Wildman–Crippen LogP) is 2.76. The molecule has 0 unspecified atom stereocenters. The largest absolute Gasteiger partial charge is 0.497 e. The normalized spacial score (nSPS) is 15.4. The number of hydrogen-bond donors (Lipinski definition) is 1. The van der Waals surface area contributed by atoms with Gasteiger partial charge in [0.05, 0.1) is 31.3 Å². The van der Waals surface area contributed by atoms with Gasteiger partial charge in [0.1, 0.15) is 17.2 Å². The highest BCUT2D eigenvalue weighted by atomic mass is 16.6. The fraction of sp³-hybridized carbons (Fsp3) is 0.381. The highest BCUT2D eigenvalue weighted by molar-refractivity contribution is 5.96. The number of carbonyl (C=O) groups is 1. The zero-order valence-corrected chi connectivity index (χ0v) is 17.3. The van der Waals surface area contributed by atoms with Crippen molar-refractivity contribution < 1.29 is 19.2 Å². The number of rotatable bonds is 7. The third-order valence-electron chi connectivity index (χ3n) is 5.34. The van der Waals surface area contributed by atoms with Gasteiger partial charge < -0.3 is 19.7 Å². The van der Waals surface area contributed by atoms with E-state index < -0.39 is 11.0 Å². The van der Waals surface area contributed by atoms with E-state index in [2.05, 4.69) is 15.1 Å². The van der Waals surface area contributed by atoms with Crippen molar-refractivity contribution in [3.63, 3.8) is 0 Å². The van der Waals surface area contributed by atoms with Crippen molar-refractivity contribution in [3.8, 4) is 11.5 Å². The number of piperazine rings is 1. The van der Waals surface area contributed by atoms with Crippen LogP contribution >= 0.6 is 0 Å². The molecule has 0 aliphatic carbocycles. The molecule has 1 amide bonds. The van der Waals surface area contributed by atoms with E-state index in [9.17, 15) is 14.9 Å². The van der Waals surface area contributed by atoms with E-state index in [0.29, 0.717) is 18.8 Å². The van der Waals surface area contributed by atoms with Crippen LogP contribution < -0.4 is 19.7 Å². The zero-order valence-electron chi connectivity index (χ0n) is 17.3. The molecule has 0 radical (unpaired) electrons. The monoisotopic (exact) mass is 414 g/mol. The van der Waals surface area contributed by atoms with Crippen LogP contribution in [0, 0.1) is 10.1 Å². The minimum atomic E-state index is -0.531. The molecule has 0 bridgehead atoms. The van der Waals surface area contributed by atoms with Gasteiger partial charge in [-0.2, -0.15) is 0 Å². The molecular weight excluding hydrogens is 388 g/mol. The number of carbonyl (C=O) groups excluding carboxylic acids is 1. The number of amides is 1. The average Bonchev–Trinajstić information content (AvgIpc) is 2.78. The summed E-state index contributed by atoms with van der Waals surface area (Å²) in [4.78, 5) is 27.9. The SMILES string of the molecule is COc1ccc(N2CCN([C@@H](C)C(=O)Nc3ccc(OC)cc3[N+](=O)[O-])CC2)cc1. The number of nitrogens with zero attached hydrogens (tertiary/aromatic N) is 3.